The van der Waals surface area contributed by atoms with E-state index in [0.717, 1.165) is 52.8 Å². The van der Waals surface area contributed by atoms with Gasteiger partial charge in [0.1, 0.15) is 11.6 Å². The highest BCUT2D eigenvalue weighted by molar-refractivity contribution is 5.86. The van der Waals surface area contributed by atoms with Gasteiger partial charge in [0.2, 0.25) is 11.9 Å². The van der Waals surface area contributed by atoms with Gasteiger partial charge in [0.15, 0.2) is 17.0 Å². The second kappa shape index (κ2) is 9.04. The number of ether oxygens (including phenoxy) is 1. The number of nitrogens with one attached hydrogen (secondary N) is 1. The molecule has 36 heavy (non-hydrogen) atoms. The molecular weight excluding hydrogens is 466 g/mol. The van der Waals surface area contributed by atoms with Gasteiger partial charge < -0.3 is 19.5 Å². The number of aryl methyl sites for hydroxylation is 2. The summed E-state index contributed by atoms with van der Waals surface area (Å²) in [7, 11) is 1.94. The molecule has 4 aromatic rings. The number of alkyl halides is 2. The fourth-order valence-corrected chi connectivity index (χ4v) is 5.21. The van der Waals surface area contributed by atoms with E-state index in [2.05, 4.69) is 10.2 Å². The van der Waals surface area contributed by atoms with Gasteiger partial charge in [-0.25, -0.2) is 18.7 Å². The molecule has 1 aliphatic heterocycles. The van der Waals surface area contributed by atoms with E-state index in [1.165, 1.54) is 0 Å². The van der Waals surface area contributed by atoms with Crippen molar-refractivity contribution in [1.82, 2.24) is 34.4 Å². The molecule has 6 rings (SSSR count). The van der Waals surface area contributed by atoms with Gasteiger partial charge in [-0.3, -0.25) is 4.57 Å². The predicted molar refractivity (Wildman–Crippen MR) is 133 cm³/mol. The number of aromatic nitrogens is 6. The third kappa shape index (κ3) is 4.20. The van der Waals surface area contributed by atoms with E-state index in [9.17, 15) is 8.78 Å². The number of halogens is 2. The number of imidazole rings is 2. The first-order valence-electron chi connectivity index (χ1n) is 12.5. The number of fused-ring (bicyclic) bond motifs is 2. The molecule has 1 aliphatic carbocycles. The lowest BCUT2D eigenvalue weighted by molar-refractivity contribution is -0.0405. The molecule has 3 aromatic heterocycles. The fraction of sp³-hybridized carbons (Fsp3) is 0.520. The van der Waals surface area contributed by atoms with Crippen LogP contribution in [0.15, 0.2) is 24.3 Å². The Balaban J connectivity index is 1.40. The quantitative estimate of drug-likeness (QED) is 0.453. The SMILES string of the molecule is Cc1nc2ccccc2n1-c1nc(N2CCOCC2)c2nc(CNC3CCC(F)(F)CC3)n(C)c2n1. The first kappa shape index (κ1) is 23.2. The van der Waals surface area contributed by atoms with Crippen molar-refractivity contribution < 1.29 is 13.5 Å². The summed E-state index contributed by atoms with van der Waals surface area (Å²) in [5.41, 5.74) is 3.29. The monoisotopic (exact) mass is 496 g/mol. The van der Waals surface area contributed by atoms with Gasteiger partial charge in [0, 0.05) is 39.0 Å². The maximum atomic E-state index is 13.6. The number of hydrogen-bond donors (Lipinski definition) is 1. The van der Waals surface area contributed by atoms with Crippen LogP contribution >= 0.6 is 0 Å². The van der Waals surface area contributed by atoms with Gasteiger partial charge in [-0.2, -0.15) is 9.97 Å². The number of rotatable bonds is 5. The minimum absolute atomic E-state index is 0.0600. The Morgan fingerprint density at radius 2 is 1.81 bits per heavy atom. The Kier molecular flexibility index (Phi) is 5.83. The van der Waals surface area contributed by atoms with Crippen LogP contribution in [0.1, 0.15) is 37.3 Å². The summed E-state index contributed by atoms with van der Waals surface area (Å²) in [6.45, 7) is 5.12. The zero-order valence-electron chi connectivity index (χ0n) is 20.5. The molecule has 1 saturated heterocycles. The lowest BCUT2D eigenvalue weighted by atomic mass is 9.92. The summed E-state index contributed by atoms with van der Waals surface area (Å²) >= 11 is 0. The van der Waals surface area contributed by atoms with Crippen LogP contribution < -0.4 is 10.2 Å². The Bertz CT molecular complexity index is 1400. The average Bonchev–Trinajstić information content (AvgIpc) is 3.39. The van der Waals surface area contributed by atoms with E-state index in [4.69, 9.17) is 24.7 Å². The van der Waals surface area contributed by atoms with Crippen molar-refractivity contribution in [2.45, 2.75) is 51.1 Å². The normalized spacial score (nSPS) is 18.9. The van der Waals surface area contributed by atoms with Crippen molar-refractivity contribution in [3.63, 3.8) is 0 Å². The predicted octanol–water partition coefficient (Wildman–Crippen LogP) is 3.51. The zero-order chi connectivity index (χ0) is 24.9. The van der Waals surface area contributed by atoms with Crippen LogP contribution in [0.3, 0.4) is 0 Å². The van der Waals surface area contributed by atoms with Crippen molar-refractivity contribution in [1.29, 1.82) is 0 Å². The van der Waals surface area contributed by atoms with E-state index >= 15 is 0 Å². The van der Waals surface area contributed by atoms with Crippen molar-refractivity contribution >= 4 is 28.0 Å². The van der Waals surface area contributed by atoms with Crippen LogP contribution in [-0.4, -0.2) is 67.3 Å². The van der Waals surface area contributed by atoms with Crippen LogP contribution in [0.4, 0.5) is 14.6 Å². The Morgan fingerprint density at radius 1 is 1.06 bits per heavy atom. The minimum Gasteiger partial charge on any atom is -0.378 e. The second-order valence-electron chi connectivity index (χ2n) is 9.70. The molecule has 0 radical (unpaired) electrons. The molecule has 1 aromatic carbocycles. The molecule has 1 N–H and O–H groups in total. The van der Waals surface area contributed by atoms with E-state index in [1.807, 2.05) is 47.4 Å². The van der Waals surface area contributed by atoms with Crippen molar-refractivity contribution in [3.05, 3.63) is 35.9 Å². The van der Waals surface area contributed by atoms with Gasteiger partial charge >= 0.3 is 0 Å². The Morgan fingerprint density at radius 3 is 2.58 bits per heavy atom. The van der Waals surface area contributed by atoms with Crippen LogP contribution in [0, 0.1) is 6.92 Å². The number of benzene rings is 1. The van der Waals surface area contributed by atoms with Gasteiger partial charge in [0.05, 0.1) is 30.8 Å². The molecule has 0 atom stereocenters. The molecule has 11 heteroatoms. The van der Waals surface area contributed by atoms with E-state index in [-0.39, 0.29) is 18.9 Å². The van der Waals surface area contributed by atoms with Crippen molar-refractivity contribution in [2.75, 3.05) is 31.2 Å². The maximum Gasteiger partial charge on any atom is 0.248 e. The van der Waals surface area contributed by atoms with E-state index < -0.39 is 5.92 Å². The molecule has 0 bridgehead atoms. The van der Waals surface area contributed by atoms with Gasteiger partial charge in [-0.05, 0) is 31.9 Å². The topological polar surface area (TPSA) is 85.9 Å². The molecule has 4 heterocycles. The molecule has 0 unspecified atom stereocenters. The van der Waals surface area contributed by atoms with Crippen LogP contribution in [0.2, 0.25) is 0 Å². The van der Waals surface area contributed by atoms with Gasteiger partial charge in [-0.15, -0.1) is 0 Å². The van der Waals surface area contributed by atoms with Gasteiger partial charge in [0.25, 0.3) is 0 Å². The zero-order valence-corrected chi connectivity index (χ0v) is 20.5. The third-order valence-electron chi connectivity index (χ3n) is 7.29. The van der Waals surface area contributed by atoms with Gasteiger partial charge in [-0.1, -0.05) is 12.1 Å². The lowest BCUT2D eigenvalue weighted by Crippen LogP contribution is -2.37. The molecule has 0 amide bonds. The largest absolute Gasteiger partial charge is 0.378 e. The molecule has 9 nitrogen and oxygen atoms in total. The summed E-state index contributed by atoms with van der Waals surface area (Å²) in [4.78, 5) is 21.8. The Labute approximate surface area is 207 Å². The minimum atomic E-state index is -2.54. The summed E-state index contributed by atoms with van der Waals surface area (Å²) in [5, 5.41) is 3.44. The highest BCUT2D eigenvalue weighted by Gasteiger charge is 2.34. The maximum absolute atomic E-state index is 13.6. The smallest absolute Gasteiger partial charge is 0.248 e. The number of anilines is 1. The van der Waals surface area contributed by atoms with Crippen LogP contribution in [0.25, 0.3) is 28.1 Å². The highest BCUT2D eigenvalue weighted by Crippen LogP contribution is 2.33. The molecule has 2 fully saturated rings. The van der Waals surface area contributed by atoms with Crippen molar-refractivity contribution in [2.24, 2.45) is 7.05 Å². The number of para-hydroxylation sites is 2. The molecule has 2 aliphatic rings. The third-order valence-corrected chi connectivity index (χ3v) is 7.29. The van der Waals surface area contributed by atoms with Crippen molar-refractivity contribution in [3.8, 4) is 5.95 Å². The summed E-state index contributed by atoms with van der Waals surface area (Å²) < 4.78 is 36.7. The van der Waals surface area contributed by atoms with E-state index in [0.29, 0.717) is 38.5 Å². The first-order valence-corrected chi connectivity index (χ1v) is 12.5. The summed E-state index contributed by atoms with van der Waals surface area (Å²) in [5.74, 6) is 0.393. The fourth-order valence-electron chi connectivity index (χ4n) is 5.21. The summed E-state index contributed by atoms with van der Waals surface area (Å²) in [6, 6.07) is 8.01. The average molecular weight is 497 g/mol. The Hall–Kier alpha value is -3.18. The standard InChI is InChI=1S/C25H30F2N8O/c1-16-29-18-5-3-4-6-19(18)35(16)24-31-22-21(23(32-24)34-11-13-36-14-12-34)30-20(33(22)2)15-28-17-7-9-25(26,27)10-8-17/h3-6,17,28H,7-15H2,1-2H3. The van der Waals surface area contributed by atoms with Crippen LogP contribution in [-0.2, 0) is 18.3 Å². The first-order chi connectivity index (χ1) is 17.4. The number of nitrogens with zero attached hydrogens (tertiary/aromatic N) is 7. The number of morpholine rings is 1. The molecule has 0 spiro atoms. The molecule has 1 saturated carbocycles. The number of hydrogen-bond acceptors (Lipinski definition) is 7. The highest BCUT2D eigenvalue weighted by atomic mass is 19.3. The molecular formula is C25H30F2N8O. The lowest BCUT2D eigenvalue weighted by Gasteiger charge is -2.28. The van der Waals surface area contributed by atoms with E-state index in [1.54, 1.807) is 0 Å². The van der Waals surface area contributed by atoms with Crippen LogP contribution in [0.5, 0.6) is 0 Å². The second-order valence-corrected chi connectivity index (χ2v) is 9.70. The molecule has 190 valence electrons. The summed E-state index contributed by atoms with van der Waals surface area (Å²) in [6.07, 6.45) is 0.794.